The number of likely N-dealkylation sites (N-methyl/N-ethyl adjacent to an activating group) is 1. The third kappa shape index (κ3) is 2.68. The number of piperazine rings is 1. The highest BCUT2D eigenvalue weighted by molar-refractivity contribution is 6.01. The lowest BCUT2D eigenvalue weighted by atomic mass is 10.1. The molecule has 0 aliphatic carbocycles. The number of rotatable bonds is 3. The van der Waals surface area contributed by atoms with Gasteiger partial charge in [0.15, 0.2) is 0 Å². The number of hydrogen-bond acceptors (Lipinski definition) is 4. The molecule has 2 rings (SSSR count). The molecule has 1 N–H and O–H groups in total. The standard InChI is InChI=1S/C13H16N2O4/c1-14-7-11(13(17)18)15(12(16)8-14)9-4-3-5-10(6-9)19-2/h3-6,11H,7-8H2,1-2H3,(H,17,18). The van der Waals surface area contributed by atoms with Crippen LogP contribution in [-0.4, -0.2) is 55.2 Å². The van der Waals surface area contributed by atoms with E-state index < -0.39 is 12.0 Å². The Balaban J connectivity index is 2.38. The van der Waals surface area contributed by atoms with Crippen LogP contribution in [0, 0.1) is 0 Å². The number of aliphatic carboxylic acids is 1. The van der Waals surface area contributed by atoms with Gasteiger partial charge in [-0.05, 0) is 19.2 Å². The zero-order valence-electron chi connectivity index (χ0n) is 10.9. The monoisotopic (exact) mass is 264 g/mol. The van der Waals surface area contributed by atoms with E-state index in [1.807, 2.05) is 0 Å². The highest BCUT2D eigenvalue weighted by Crippen LogP contribution is 2.25. The van der Waals surface area contributed by atoms with E-state index >= 15 is 0 Å². The second-order valence-corrected chi connectivity index (χ2v) is 4.52. The summed E-state index contributed by atoms with van der Waals surface area (Å²) in [6.07, 6.45) is 0. The first-order chi connectivity index (χ1) is 9.02. The minimum absolute atomic E-state index is 0.209. The topological polar surface area (TPSA) is 70.1 Å². The molecule has 1 amide bonds. The second kappa shape index (κ2) is 5.27. The maximum Gasteiger partial charge on any atom is 0.328 e. The molecule has 1 aromatic carbocycles. The smallest absolute Gasteiger partial charge is 0.328 e. The molecule has 6 nitrogen and oxygen atoms in total. The van der Waals surface area contributed by atoms with Crippen molar-refractivity contribution in [3.05, 3.63) is 24.3 Å². The van der Waals surface area contributed by atoms with Gasteiger partial charge in [-0.25, -0.2) is 4.79 Å². The number of amides is 1. The Hall–Kier alpha value is -2.08. The lowest BCUT2D eigenvalue weighted by Crippen LogP contribution is -2.58. The van der Waals surface area contributed by atoms with Crippen molar-refractivity contribution < 1.29 is 19.4 Å². The van der Waals surface area contributed by atoms with Crippen LogP contribution in [0.5, 0.6) is 5.75 Å². The lowest BCUT2D eigenvalue weighted by Gasteiger charge is -2.37. The number of carbonyl (C=O) groups excluding carboxylic acids is 1. The largest absolute Gasteiger partial charge is 0.497 e. The van der Waals surface area contributed by atoms with Crippen LogP contribution in [-0.2, 0) is 9.59 Å². The number of carboxylic acids is 1. The highest BCUT2D eigenvalue weighted by Gasteiger charge is 2.36. The molecule has 1 unspecified atom stereocenters. The Labute approximate surface area is 111 Å². The molecule has 6 heteroatoms. The van der Waals surface area contributed by atoms with Crippen LogP contribution in [0.2, 0.25) is 0 Å². The average Bonchev–Trinajstić information content (AvgIpc) is 2.37. The zero-order valence-corrected chi connectivity index (χ0v) is 10.9. The van der Waals surface area contributed by atoms with Crippen LogP contribution in [0.15, 0.2) is 24.3 Å². The molecule has 102 valence electrons. The molecule has 1 heterocycles. The van der Waals surface area contributed by atoms with Crippen molar-refractivity contribution in [3.63, 3.8) is 0 Å². The lowest BCUT2D eigenvalue weighted by molar-refractivity contribution is -0.142. The molecule has 1 saturated heterocycles. The van der Waals surface area contributed by atoms with E-state index in [4.69, 9.17) is 4.74 Å². The number of methoxy groups -OCH3 is 1. The van der Waals surface area contributed by atoms with E-state index in [1.165, 1.54) is 12.0 Å². The number of nitrogens with zero attached hydrogens (tertiary/aromatic N) is 2. The summed E-state index contributed by atoms with van der Waals surface area (Å²) in [5.74, 6) is -0.648. The Morgan fingerprint density at radius 3 is 2.84 bits per heavy atom. The first-order valence-electron chi connectivity index (χ1n) is 5.90. The maximum atomic E-state index is 12.1. The fraction of sp³-hybridized carbons (Fsp3) is 0.385. The van der Waals surface area contributed by atoms with E-state index in [0.29, 0.717) is 18.0 Å². The zero-order chi connectivity index (χ0) is 14.0. The molecule has 1 aliphatic rings. The summed E-state index contributed by atoms with van der Waals surface area (Å²) in [6, 6.07) is 5.98. The fourth-order valence-corrected chi connectivity index (χ4v) is 2.20. The van der Waals surface area contributed by atoms with Crippen LogP contribution in [0.3, 0.4) is 0 Å². The van der Waals surface area contributed by atoms with Gasteiger partial charge in [0.25, 0.3) is 0 Å². The summed E-state index contributed by atoms with van der Waals surface area (Å²) in [4.78, 5) is 26.5. The summed E-state index contributed by atoms with van der Waals surface area (Å²) in [6.45, 7) is 0.513. The van der Waals surface area contributed by atoms with Crippen molar-refractivity contribution in [2.24, 2.45) is 0 Å². The first-order valence-corrected chi connectivity index (χ1v) is 5.90. The minimum Gasteiger partial charge on any atom is -0.497 e. The van der Waals surface area contributed by atoms with Gasteiger partial charge in [-0.3, -0.25) is 14.6 Å². The number of ether oxygens (including phenoxy) is 1. The molecule has 1 fully saturated rings. The predicted octanol–water partition coefficient (Wildman–Crippen LogP) is 0.427. The van der Waals surface area contributed by atoms with Crippen LogP contribution in [0.1, 0.15) is 0 Å². The van der Waals surface area contributed by atoms with Gasteiger partial charge in [-0.2, -0.15) is 0 Å². The molecule has 0 bridgehead atoms. The van der Waals surface area contributed by atoms with E-state index in [0.717, 1.165) is 0 Å². The number of hydrogen-bond donors (Lipinski definition) is 1. The molecule has 1 aromatic rings. The summed E-state index contributed by atoms with van der Waals surface area (Å²) in [5, 5.41) is 9.28. The molecule has 1 aliphatic heterocycles. The van der Waals surface area contributed by atoms with Crippen LogP contribution in [0.25, 0.3) is 0 Å². The molecule has 0 saturated carbocycles. The number of benzene rings is 1. The molecular weight excluding hydrogens is 248 g/mol. The second-order valence-electron chi connectivity index (χ2n) is 4.52. The number of carbonyl (C=O) groups is 2. The van der Waals surface area contributed by atoms with Gasteiger partial charge in [-0.1, -0.05) is 6.07 Å². The molecular formula is C13H16N2O4. The van der Waals surface area contributed by atoms with Crippen molar-refractivity contribution >= 4 is 17.6 Å². The third-order valence-corrected chi connectivity index (χ3v) is 3.09. The average molecular weight is 264 g/mol. The van der Waals surface area contributed by atoms with Gasteiger partial charge in [0.05, 0.1) is 13.7 Å². The van der Waals surface area contributed by atoms with Crippen molar-refractivity contribution in [2.45, 2.75) is 6.04 Å². The SMILES string of the molecule is COc1cccc(N2C(=O)CN(C)CC2C(=O)O)c1. The van der Waals surface area contributed by atoms with E-state index in [9.17, 15) is 14.7 Å². The van der Waals surface area contributed by atoms with E-state index in [-0.39, 0.29) is 12.5 Å². The maximum absolute atomic E-state index is 12.1. The van der Waals surface area contributed by atoms with Crippen LogP contribution >= 0.6 is 0 Å². The molecule has 19 heavy (non-hydrogen) atoms. The van der Waals surface area contributed by atoms with Crippen molar-refractivity contribution in [1.29, 1.82) is 0 Å². The molecule has 0 spiro atoms. The third-order valence-electron chi connectivity index (χ3n) is 3.09. The summed E-state index contributed by atoms with van der Waals surface area (Å²) in [7, 11) is 3.26. The fourth-order valence-electron chi connectivity index (χ4n) is 2.20. The van der Waals surface area contributed by atoms with Gasteiger partial charge < -0.3 is 9.84 Å². The first kappa shape index (κ1) is 13.4. The summed E-state index contributed by atoms with van der Waals surface area (Å²) >= 11 is 0. The minimum atomic E-state index is -1.01. The van der Waals surface area contributed by atoms with Crippen molar-refractivity contribution in [1.82, 2.24) is 4.90 Å². The Morgan fingerprint density at radius 2 is 2.21 bits per heavy atom. The Bertz CT molecular complexity index is 503. The van der Waals surface area contributed by atoms with Crippen LogP contribution in [0.4, 0.5) is 5.69 Å². The predicted molar refractivity (Wildman–Crippen MR) is 69.4 cm³/mol. The summed E-state index contributed by atoms with van der Waals surface area (Å²) < 4.78 is 5.10. The quantitative estimate of drug-likeness (QED) is 0.857. The van der Waals surface area contributed by atoms with Gasteiger partial charge in [0.2, 0.25) is 5.91 Å². The number of anilines is 1. The van der Waals surface area contributed by atoms with Gasteiger partial charge in [0, 0.05) is 18.3 Å². The Kier molecular flexibility index (Phi) is 3.71. The van der Waals surface area contributed by atoms with Crippen molar-refractivity contribution in [2.75, 3.05) is 32.1 Å². The van der Waals surface area contributed by atoms with Gasteiger partial charge in [0.1, 0.15) is 11.8 Å². The highest BCUT2D eigenvalue weighted by atomic mass is 16.5. The van der Waals surface area contributed by atoms with Gasteiger partial charge in [-0.15, -0.1) is 0 Å². The number of carboxylic acid groups (broad SMARTS) is 1. The Morgan fingerprint density at radius 1 is 1.47 bits per heavy atom. The van der Waals surface area contributed by atoms with E-state index in [1.54, 1.807) is 36.2 Å². The molecule has 0 radical (unpaired) electrons. The van der Waals surface area contributed by atoms with Crippen molar-refractivity contribution in [3.8, 4) is 5.75 Å². The van der Waals surface area contributed by atoms with E-state index in [2.05, 4.69) is 0 Å². The normalized spacial score (nSPS) is 20.4. The molecule has 1 atom stereocenters. The van der Waals surface area contributed by atoms with Crippen LogP contribution < -0.4 is 9.64 Å². The van der Waals surface area contributed by atoms with Gasteiger partial charge >= 0.3 is 5.97 Å². The molecule has 0 aromatic heterocycles. The summed E-state index contributed by atoms with van der Waals surface area (Å²) in [5.41, 5.74) is 0.546.